The van der Waals surface area contributed by atoms with Gasteiger partial charge in [-0.3, -0.25) is 9.78 Å². The smallest absolute Gasteiger partial charge is 0.339 e. The van der Waals surface area contributed by atoms with Crippen LogP contribution < -0.4 is 11.1 Å². The molecule has 0 aliphatic carbocycles. The van der Waals surface area contributed by atoms with Crippen molar-refractivity contribution in [3.05, 3.63) is 70.4 Å². The number of nitrogens with one attached hydrogen (secondary N) is 1. The fourth-order valence-electron chi connectivity index (χ4n) is 2.43. The van der Waals surface area contributed by atoms with E-state index in [1.807, 2.05) is 6.07 Å². The predicted octanol–water partition coefficient (Wildman–Crippen LogP) is 3.36. The van der Waals surface area contributed by atoms with Gasteiger partial charge in [0, 0.05) is 6.20 Å². The number of carbonyl (C=O) groups is 2. The van der Waals surface area contributed by atoms with Crippen LogP contribution in [0.2, 0.25) is 0 Å². The van der Waals surface area contributed by atoms with E-state index in [0.717, 1.165) is 11.3 Å². The number of carbonyl (C=O) groups excluding carboxylic acids is 2. The molecular weight excluding hydrogens is 364 g/mol. The van der Waals surface area contributed by atoms with Gasteiger partial charge in [-0.1, -0.05) is 18.2 Å². The number of thiophene rings is 1. The summed E-state index contributed by atoms with van der Waals surface area (Å²) in [5.41, 5.74) is 7.23. The second kappa shape index (κ2) is 7.68. The fourth-order valence-corrected chi connectivity index (χ4v) is 3.46. The maximum Gasteiger partial charge on any atom is 0.339 e. The van der Waals surface area contributed by atoms with Gasteiger partial charge in [-0.05, 0) is 24.3 Å². The van der Waals surface area contributed by atoms with Crippen molar-refractivity contribution in [2.24, 2.45) is 0 Å². The van der Waals surface area contributed by atoms with Crippen LogP contribution in [0.4, 0.5) is 16.4 Å². The van der Waals surface area contributed by atoms with Gasteiger partial charge in [0.05, 0.1) is 24.0 Å². The topological polar surface area (TPSA) is 118 Å². The molecule has 1 aromatic carbocycles. The van der Waals surface area contributed by atoms with Crippen LogP contribution in [0.1, 0.15) is 31.3 Å². The van der Waals surface area contributed by atoms with Crippen LogP contribution in [-0.2, 0) is 4.74 Å². The first-order valence-electron chi connectivity index (χ1n) is 7.79. The van der Waals surface area contributed by atoms with E-state index in [9.17, 15) is 14.9 Å². The van der Waals surface area contributed by atoms with Crippen molar-refractivity contribution in [2.75, 3.05) is 18.2 Å². The molecule has 0 saturated heterocycles. The average Bonchev–Trinajstić information content (AvgIpc) is 3.02. The Morgan fingerprint density at radius 2 is 1.96 bits per heavy atom. The first-order chi connectivity index (χ1) is 13.1. The molecule has 0 atom stereocenters. The van der Waals surface area contributed by atoms with Crippen LogP contribution in [0.25, 0.3) is 0 Å². The molecule has 0 spiro atoms. The van der Waals surface area contributed by atoms with Crippen molar-refractivity contribution in [3.8, 4) is 6.07 Å². The summed E-state index contributed by atoms with van der Waals surface area (Å²) in [5, 5.41) is 12.9. The monoisotopic (exact) mass is 378 g/mol. The SMILES string of the molecule is COC(=O)c1ccccc1Nc1sc(C(=O)c2ccccn2)c(N)c1C#N. The largest absolute Gasteiger partial charge is 0.465 e. The molecule has 0 unspecified atom stereocenters. The van der Waals surface area contributed by atoms with Crippen LogP contribution in [0.15, 0.2) is 48.7 Å². The molecule has 134 valence electrons. The Morgan fingerprint density at radius 1 is 1.22 bits per heavy atom. The van der Waals surface area contributed by atoms with Crippen LogP contribution in [0, 0.1) is 11.3 Å². The van der Waals surface area contributed by atoms with E-state index < -0.39 is 5.97 Å². The minimum atomic E-state index is -0.522. The van der Waals surface area contributed by atoms with Crippen molar-refractivity contribution in [1.82, 2.24) is 4.98 Å². The van der Waals surface area contributed by atoms with Crippen molar-refractivity contribution in [2.45, 2.75) is 0 Å². The Balaban J connectivity index is 2.03. The van der Waals surface area contributed by atoms with Gasteiger partial charge in [0.15, 0.2) is 0 Å². The molecule has 0 saturated carbocycles. The molecule has 2 aromatic heterocycles. The second-order valence-electron chi connectivity index (χ2n) is 5.37. The lowest BCUT2D eigenvalue weighted by Gasteiger charge is -2.09. The molecule has 0 amide bonds. The number of para-hydroxylation sites is 1. The number of nitrogens with zero attached hydrogens (tertiary/aromatic N) is 2. The number of ether oxygens (including phenoxy) is 1. The van der Waals surface area contributed by atoms with E-state index in [1.54, 1.807) is 42.5 Å². The van der Waals surface area contributed by atoms with Crippen LogP contribution in [0.5, 0.6) is 0 Å². The minimum absolute atomic E-state index is 0.0798. The lowest BCUT2D eigenvalue weighted by Crippen LogP contribution is -2.05. The summed E-state index contributed by atoms with van der Waals surface area (Å²) in [4.78, 5) is 28.9. The number of esters is 1. The maximum absolute atomic E-state index is 12.7. The summed E-state index contributed by atoms with van der Waals surface area (Å²) < 4.78 is 4.77. The molecule has 7 nitrogen and oxygen atoms in total. The number of methoxy groups -OCH3 is 1. The normalized spacial score (nSPS) is 10.1. The lowest BCUT2D eigenvalue weighted by molar-refractivity contribution is 0.0601. The van der Waals surface area contributed by atoms with Gasteiger partial charge in [-0.25, -0.2) is 4.79 Å². The van der Waals surface area contributed by atoms with E-state index in [-0.39, 0.29) is 27.6 Å². The zero-order valence-corrected chi connectivity index (χ0v) is 15.0. The number of rotatable bonds is 5. The molecular formula is C19H14N4O3S. The molecule has 0 radical (unpaired) electrons. The standard InChI is InChI=1S/C19H14N4O3S/c1-26-19(25)11-6-2-3-7-13(11)23-18-12(10-20)15(21)17(27-18)16(24)14-8-4-5-9-22-14/h2-9,23H,21H2,1H3. The van der Waals surface area contributed by atoms with E-state index >= 15 is 0 Å². The third-order valence-electron chi connectivity index (χ3n) is 3.74. The zero-order chi connectivity index (χ0) is 19.4. The van der Waals surface area contributed by atoms with Crippen molar-refractivity contribution in [1.29, 1.82) is 5.26 Å². The fraction of sp³-hybridized carbons (Fsp3) is 0.0526. The Labute approximate surface area is 159 Å². The molecule has 3 aromatic rings. The highest BCUT2D eigenvalue weighted by Gasteiger charge is 2.24. The number of anilines is 3. The second-order valence-corrected chi connectivity index (χ2v) is 6.39. The number of nitriles is 1. The maximum atomic E-state index is 12.7. The summed E-state index contributed by atoms with van der Waals surface area (Å²) in [5.74, 6) is -0.894. The van der Waals surface area contributed by atoms with Gasteiger partial charge in [-0.15, -0.1) is 11.3 Å². The van der Waals surface area contributed by atoms with Crippen LogP contribution >= 0.6 is 11.3 Å². The number of hydrogen-bond acceptors (Lipinski definition) is 8. The molecule has 0 aliphatic rings. The molecule has 0 aliphatic heterocycles. The number of benzene rings is 1. The Kier molecular flexibility index (Phi) is 5.15. The average molecular weight is 378 g/mol. The minimum Gasteiger partial charge on any atom is -0.465 e. The number of nitrogens with two attached hydrogens (primary N) is 1. The molecule has 27 heavy (non-hydrogen) atoms. The molecule has 3 rings (SSSR count). The number of nitrogen functional groups attached to an aromatic ring is 1. The number of pyridine rings is 1. The lowest BCUT2D eigenvalue weighted by atomic mass is 10.1. The first-order valence-corrected chi connectivity index (χ1v) is 8.61. The molecule has 8 heteroatoms. The van der Waals surface area contributed by atoms with Gasteiger partial charge < -0.3 is 15.8 Å². The van der Waals surface area contributed by atoms with E-state index in [2.05, 4.69) is 10.3 Å². The van der Waals surface area contributed by atoms with E-state index in [4.69, 9.17) is 10.5 Å². The van der Waals surface area contributed by atoms with Gasteiger partial charge in [-0.2, -0.15) is 5.26 Å². The molecule has 2 heterocycles. The van der Waals surface area contributed by atoms with Gasteiger partial charge in [0.25, 0.3) is 0 Å². The van der Waals surface area contributed by atoms with E-state index in [0.29, 0.717) is 16.3 Å². The highest BCUT2D eigenvalue weighted by molar-refractivity contribution is 7.19. The van der Waals surface area contributed by atoms with Crippen molar-refractivity contribution >= 4 is 39.5 Å². The predicted molar refractivity (Wildman–Crippen MR) is 102 cm³/mol. The quantitative estimate of drug-likeness (QED) is 0.516. The zero-order valence-electron chi connectivity index (χ0n) is 14.2. The van der Waals surface area contributed by atoms with Crippen LogP contribution in [0.3, 0.4) is 0 Å². The molecule has 0 bridgehead atoms. The molecule has 0 fully saturated rings. The van der Waals surface area contributed by atoms with Crippen molar-refractivity contribution < 1.29 is 14.3 Å². The third kappa shape index (κ3) is 3.49. The summed E-state index contributed by atoms with van der Waals surface area (Å²) >= 11 is 1.04. The third-order valence-corrected chi connectivity index (χ3v) is 4.86. The highest BCUT2D eigenvalue weighted by atomic mass is 32.1. The number of aromatic nitrogens is 1. The number of ketones is 1. The highest BCUT2D eigenvalue weighted by Crippen LogP contribution is 2.38. The summed E-state index contributed by atoms with van der Waals surface area (Å²) in [6.07, 6.45) is 1.51. The Morgan fingerprint density at radius 3 is 2.63 bits per heavy atom. The Hall–Kier alpha value is -3.70. The molecule has 3 N–H and O–H groups in total. The van der Waals surface area contributed by atoms with Gasteiger partial charge >= 0.3 is 5.97 Å². The van der Waals surface area contributed by atoms with Gasteiger partial charge in [0.2, 0.25) is 5.78 Å². The number of hydrogen-bond donors (Lipinski definition) is 2. The summed E-state index contributed by atoms with van der Waals surface area (Å²) in [7, 11) is 1.28. The summed E-state index contributed by atoms with van der Waals surface area (Å²) in [6, 6.07) is 13.7. The first kappa shape index (κ1) is 18.1. The van der Waals surface area contributed by atoms with Crippen LogP contribution in [-0.4, -0.2) is 23.8 Å². The van der Waals surface area contributed by atoms with Crippen molar-refractivity contribution in [3.63, 3.8) is 0 Å². The Bertz CT molecular complexity index is 1050. The van der Waals surface area contributed by atoms with E-state index in [1.165, 1.54) is 13.3 Å². The van der Waals surface area contributed by atoms with Gasteiger partial charge in [0.1, 0.15) is 27.2 Å². The summed E-state index contributed by atoms with van der Waals surface area (Å²) in [6.45, 7) is 0.